The molecular weight excluding hydrogens is 296 g/mol. The van der Waals surface area contributed by atoms with Crippen LogP contribution in [0.2, 0.25) is 0 Å². The van der Waals surface area contributed by atoms with Crippen LogP contribution >= 0.6 is 0 Å². The molecule has 0 aliphatic carbocycles. The highest BCUT2D eigenvalue weighted by Crippen LogP contribution is 2.14. The molecule has 6 heteroatoms. The fourth-order valence-corrected chi connectivity index (χ4v) is 4.89. The molecule has 1 rings (SSSR count). The fourth-order valence-electron chi connectivity index (χ4n) is 1.94. The van der Waals surface area contributed by atoms with Crippen molar-refractivity contribution in [3.05, 3.63) is 0 Å². The van der Waals surface area contributed by atoms with Gasteiger partial charge in [0.15, 0.2) is 11.5 Å². The molecule has 4 nitrogen and oxygen atoms in total. The highest BCUT2D eigenvalue weighted by atomic mass is 32.2. The van der Waals surface area contributed by atoms with Crippen LogP contribution in [-0.2, 0) is 25.8 Å². The Morgan fingerprint density at radius 2 is 1.70 bits per heavy atom. The predicted molar refractivity (Wildman–Crippen MR) is 85.2 cm³/mol. The average Bonchev–Trinajstić information content (AvgIpc) is 2.38. The Morgan fingerprint density at radius 3 is 2.10 bits per heavy atom. The zero-order valence-corrected chi connectivity index (χ0v) is 14.4. The maximum atomic E-state index is 11.3. The lowest BCUT2D eigenvalue weighted by Crippen LogP contribution is -2.25. The molecule has 0 atom stereocenters. The molecule has 1 fully saturated rings. The highest BCUT2D eigenvalue weighted by molar-refractivity contribution is 7.97. The first-order valence-corrected chi connectivity index (χ1v) is 10.8. The standard InChI is InChI=1S/C10H19OS.C4H10O3S/c1-2-6-10(11)9-12-7-4-3-5-8-12;1-2-3-4-8(5,6)7/h2-9H2,1H3;2-4H2,1H3,(H,5,6,7)/q+1;/p-1. The second-order valence-electron chi connectivity index (χ2n) is 5.13. The van der Waals surface area contributed by atoms with E-state index in [1.54, 1.807) is 0 Å². The van der Waals surface area contributed by atoms with Crippen molar-refractivity contribution in [1.82, 2.24) is 0 Å². The molecule has 0 aromatic heterocycles. The topological polar surface area (TPSA) is 74.3 Å². The van der Waals surface area contributed by atoms with Gasteiger partial charge in [-0.25, -0.2) is 8.42 Å². The summed E-state index contributed by atoms with van der Waals surface area (Å²) in [5.74, 6) is 3.84. The van der Waals surface area contributed by atoms with Gasteiger partial charge in [-0.2, -0.15) is 0 Å². The minimum Gasteiger partial charge on any atom is -0.748 e. The van der Waals surface area contributed by atoms with Gasteiger partial charge in [-0.3, -0.25) is 4.79 Å². The van der Waals surface area contributed by atoms with Gasteiger partial charge in [-0.1, -0.05) is 20.3 Å². The summed E-state index contributed by atoms with van der Waals surface area (Å²) in [4.78, 5) is 11.3. The normalized spacial score (nSPS) is 16.4. The highest BCUT2D eigenvalue weighted by Gasteiger charge is 2.24. The van der Waals surface area contributed by atoms with E-state index >= 15 is 0 Å². The molecule has 1 aliphatic heterocycles. The van der Waals surface area contributed by atoms with Crippen LogP contribution in [0.3, 0.4) is 0 Å². The molecule has 0 saturated carbocycles. The second-order valence-corrected chi connectivity index (χ2v) is 8.98. The first-order valence-electron chi connectivity index (χ1n) is 7.48. The van der Waals surface area contributed by atoms with Crippen LogP contribution in [0.15, 0.2) is 0 Å². The van der Waals surface area contributed by atoms with E-state index in [1.165, 1.54) is 30.8 Å². The van der Waals surface area contributed by atoms with E-state index in [9.17, 15) is 17.8 Å². The van der Waals surface area contributed by atoms with Crippen molar-refractivity contribution in [3.63, 3.8) is 0 Å². The quantitative estimate of drug-likeness (QED) is 0.532. The molecule has 0 N–H and O–H groups in total. The molecule has 0 unspecified atom stereocenters. The molecule has 20 heavy (non-hydrogen) atoms. The van der Waals surface area contributed by atoms with Crippen molar-refractivity contribution in [2.24, 2.45) is 0 Å². The smallest absolute Gasteiger partial charge is 0.181 e. The Morgan fingerprint density at radius 1 is 1.10 bits per heavy atom. The molecule has 1 saturated heterocycles. The van der Waals surface area contributed by atoms with E-state index in [0.29, 0.717) is 23.1 Å². The summed E-state index contributed by atoms with van der Waals surface area (Å²) in [6.07, 6.45) is 7.18. The van der Waals surface area contributed by atoms with E-state index in [1.807, 2.05) is 6.92 Å². The van der Waals surface area contributed by atoms with Crippen molar-refractivity contribution < 1.29 is 17.8 Å². The monoisotopic (exact) mass is 324 g/mol. The van der Waals surface area contributed by atoms with Crippen molar-refractivity contribution in [2.45, 2.75) is 58.8 Å². The van der Waals surface area contributed by atoms with Crippen LogP contribution in [0.5, 0.6) is 0 Å². The number of unbranched alkanes of at least 4 members (excludes halogenated alkanes) is 1. The van der Waals surface area contributed by atoms with Gasteiger partial charge in [0.25, 0.3) is 0 Å². The fraction of sp³-hybridized carbons (Fsp3) is 0.929. The number of Topliss-reactive ketones (excluding diaryl/α,β-unsaturated/α-hetero) is 1. The molecule has 1 heterocycles. The van der Waals surface area contributed by atoms with Crippen LogP contribution < -0.4 is 0 Å². The molecule has 0 aromatic rings. The summed E-state index contributed by atoms with van der Waals surface area (Å²) in [6, 6.07) is 0. The van der Waals surface area contributed by atoms with Gasteiger partial charge in [0, 0.05) is 12.2 Å². The third kappa shape index (κ3) is 12.9. The lowest BCUT2D eigenvalue weighted by molar-refractivity contribution is -0.116. The Labute approximate surface area is 126 Å². The second kappa shape index (κ2) is 11.6. The molecule has 0 amide bonds. The maximum Gasteiger partial charge on any atom is 0.181 e. The first-order chi connectivity index (χ1) is 9.39. The van der Waals surface area contributed by atoms with Crippen LogP contribution in [0.1, 0.15) is 58.8 Å². The number of ketones is 1. The number of rotatable bonds is 7. The van der Waals surface area contributed by atoms with Gasteiger partial charge in [0.1, 0.15) is 11.5 Å². The predicted octanol–water partition coefficient (Wildman–Crippen LogP) is 2.49. The van der Waals surface area contributed by atoms with Crippen molar-refractivity contribution in [2.75, 3.05) is 23.0 Å². The van der Waals surface area contributed by atoms with Gasteiger partial charge in [0.05, 0.1) is 10.1 Å². The average molecular weight is 325 g/mol. The summed E-state index contributed by atoms with van der Waals surface area (Å²) >= 11 is 0. The van der Waals surface area contributed by atoms with Crippen LogP contribution in [-0.4, -0.2) is 41.8 Å². The maximum absolute atomic E-state index is 11.3. The molecular formula is C14H28O4S2. The summed E-state index contributed by atoms with van der Waals surface area (Å²) in [7, 11) is -3.46. The third-order valence-corrected chi connectivity index (χ3v) is 6.26. The van der Waals surface area contributed by atoms with Crippen molar-refractivity contribution in [3.8, 4) is 0 Å². The Balaban J connectivity index is 0.000000396. The van der Waals surface area contributed by atoms with E-state index in [-0.39, 0.29) is 5.75 Å². The number of hydrogen-bond donors (Lipinski definition) is 0. The van der Waals surface area contributed by atoms with Crippen molar-refractivity contribution in [1.29, 1.82) is 0 Å². The largest absolute Gasteiger partial charge is 0.748 e. The molecule has 0 bridgehead atoms. The number of carbonyl (C=O) groups is 1. The Hall–Kier alpha value is -0.0700. The molecule has 0 radical (unpaired) electrons. The zero-order valence-electron chi connectivity index (χ0n) is 12.7. The summed E-state index contributed by atoms with van der Waals surface area (Å²) in [6.45, 7) is 3.92. The third-order valence-electron chi connectivity index (χ3n) is 3.01. The van der Waals surface area contributed by atoms with Gasteiger partial charge in [-0.05, 0) is 43.0 Å². The van der Waals surface area contributed by atoms with E-state index in [2.05, 4.69) is 6.92 Å². The van der Waals surface area contributed by atoms with Gasteiger partial charge < -0.3 is 4.55 Å². The lowest BCUT2D eigenvalue weighted by Gasteiger charge is -2.12. The van der Waals surface area contributed by atoms with Gasteiger partial charge in [0.2, 0.25) is 0 Å². The number of carbonyl (C=O) groups excluding carboxylic acids is 1. The summed E-state index contributed by atoms with van der Waals surface area (Å²) in [5.41, 5.74) is 0. The first kappa shape index (κ1) is 19.9. The molecule has 0 aromatic carbocycles. The van der Waals surface area contributed by atoms with Crippen LogP contribution in [0, 0.1) is 0 Å². The van der Waals surface area contributed by atoms with Crippen LogP contribution in [0.4, 0.5) is 0 Å². The van der Waals surface area contributed by atoms with Gasteiger partial charge >= 0.3 is 0 Å². The van der Waals surface area contributed by atoms with E-state index in [4.69, 9.17) is 0 Å². The Kier molecular flexibility index (Phi) is 11.5. The molecule has 0 spiro atoms. The molecule has 1 aliphatic rings. The van der Waals surface area contributed by atoms with E-state index in [0.717, 1.165) is 25.0 Å². The Bertz CT molecular complexity index is 346. The summed E-state index contributed by atoms with van der Waals surface area (Å²) in [5, 5.41) is 0. The lowest BCUT2D eigenvalue weighted by atomic mass is 10.2. The van der Waals surface area contributed by atoms with E-state index < -0.39 is 10.1 Å². The zero-order chi connectivity index (χ0) is 15.4. The SMILES string of the molecule is CCCC(=O)C[S+]1CCCCC1.CCCCS(=O)(=O)[O-]. The summed E-state index contributed by atoms with van der Waals surface area (Å²) < 4.78 is 29.5. The van der Waals surface area contributed by atoms with Crippen LogP contribution in [0.25, 0.3) is 0 Å². The number of hydrogen-bond acceptors (Lipinski definition) is 4. The molecule has 120 valence electrons. The minimum atomic E-state index is -3.94. The minimum absolute atomic E-state index is 0.219. The van der Waals surface area contributed by atoms with Crippen molar-refractivity contribution >= 4 is 26.8 Å². The van der Waals surface area contributed by atoms with Gasteiger partial charge in [-0.15, -0.1) is 0 Å².